The number of benzene rings is 2. The van der Waals surface area contributed by atoms with E-state index >= 15 is 0 Å². The Balaban J connectivity index is 1.62. The van der Waals surface area contributed by atoms with Crippen LogP contribution in [0.25, 0.3) is 0 Å². The van der Waals surface area contributed by atoms with Crippen LogP contribution >= 0.6 is 0 Å². The first-order valence-corrected chi connectivity index (χ1v) is 10.7. The van der Waals surface area contributed by atoms with E-state index in [9.17, 15) is 4.79 Å². The maximum absolute atomic E-state index is 13.3. The smallest absolute Gasteiger partial charge is 0.488 e. The molecule has 0 aromatic heterocycles. The second-order valence-electron chi connectivity index (χ2n) is 9.12. The predicted octanol–water partition coefficient (Wildman–Crippen LogP) is 3.80. The number of rotatable bonds is 5. The van der Waals surface area contributed by atoms with Crippen LogP contribution in [-0.4, -0.2) is 42.2 Å². The van der Waals surface area contributed by atoms with Crippen LogP contribution in [0.4, 0.5) is 0 Å². The van der Waals surface area contributed by atoms with E-state index < -0.39 is 18.3 Å². The Bertz CT molecular complexity index is 891. The van der Waals surface area contributed by atoms with Crippen molar-refractivity contribution < 1.29 is 18.8 Å². The van der Waals surface area contributed by atoms with Gasteiger partial charge in [0.05, 0.1) is 16.8 Å². The molecule has 30 heavy (non-hydrogen) atoms. The molecular weight excluding hydrogens is 377 g/mol. The number of carbonyl (C=O) groups excluding carboxylic acids is 1. The summed E-state index contributed by atoms with van der Waals surface area (Å²) >= 11 is 0. The molecule has 0 unspecified atom stereocenters. The highest BCUT2D eigenvalue weighted by molar-refractivity contribution is 6.62. The summed E-state index contributed by atoms with van der Waals surface area (Å²) in [7, 11) is -0.511. The van der Waals surface area contributed by atoms with Crippen LogP contribution in [-0.2, 0) is 15.9 Å². The Morgan fingerprint density at radius 1 is 1.00 bits per heavy atom. The molecule has 2 heterocycles. The number of ether oxygens (including phenoxy) is 1. The van der Waals surface area contributed by atoms with E-state index in [2.05, 4.69) is 0 Å². The molecule has 0 spiro atoms. The molecule has 2 aliphatic rings. The van der Waals surface area contributed by atoms with Gasteiger partial charge < -0.3 is 18.9 Å². The van der Waals surface area contributed by atoms with Crippen LogP contribution in [0.15, 0.2) is 48.5 Å². The Morgan fingerprint density at radius 3 is 2.27 bits per heavy atom. The molecule has 1 amide bonds. The monoisotopic (exact) mass is 407 g/mol. The summed E-state index contributed by atoms with van der Waals surface area (Å²) in [6, 6.07) is 15.7. The zero-order valence-electron chi connectivity index (χ0n) is 18.3. The average Bonchev–Trinajstić information content (AvgIpc) is 3.33. The molecule has 0 radical (unpaired) electrons. The lowest BCUT2D eigenvalue weighted by Gasteiger charge is -2.32. The maximum Gasteiger partial charge on any atom is 0.494 e. The third kappa shape index (κ3) is 4.12. The van der Waals surface area contributed by atoms with E-state index in [4.69, 9.17) is 14.0 Å². The SMILES string of the molecule is CC1(C)OB(c2ccc(OCc3ccccc3)c(C(=O)N3CCCC3)c2)OC1(C)C. The Morgan fingerprint density at radius 2 is 1.63 bits per heavy atom. The average molecular weight is 407 g/mol. The highest BCUT2D eigenvalue weighted by atomic mass is 16.7. The number of amides is 1. The van der Waals surface area contributed by atoms with Gasteiger partial charge in [-0.15, -0.1) is 0 Å². The number of hydrogen-bond acceptors (Lipinski definition) is 4. The summed E-state index contributed by atoms with van der Waals surface area (Å²) in [5.41, 5.74) is 1.61. The normalized spacial score (nSPS) is 19.9. The molecule has 4 rings (SSSR count). The van der Waals surface area contributed by atoms with E-state index in [0.717, 1.165) is 37.0 Å². The lowest BCUT2D eigenvalue weighted by Crippen LogP contribution is -2.41. The first-order chi connectivity index (χ1) is 14.3. The largest absolute Gasteiger partial charge is 0.494 e. The molecule has 5 nitrogen and oxygen atoms in total. The quantitative estimate of drug-likeness (QED) is 0.708. The molecule has 2 fully saturated rings. The fraction of sp³-hybridized carbons (Fsp3) is 0.458. The first kappa shape index (κ1) is 20.9. The van der Waals surface area contributed by atoms with Crippen LogP contribution in [0, 0.1) is 0 Å². The van der Waals surface area contributed by atoms with Gasteiger partial charge in [-0.3, -0.25) is 4.79 Å². The minimum Gasteiger partial charge on any atom is -0.488 e. The fourth-order valence-electron chi connectivity index (χ4n) is 3.79. The molecule has 6 heteroatoms. The molecule has 0 atom stereocenters. The van der Waals surface area contributed by atoms with Gasteiger partial charge in [-0.05, 0) is 63.7 Å². The van der Waals surface area contributed by atoms with Crippen LogP contribution in [0.3, 0.4) is 0 Å². The van der Waals surface area contributed by atoms with Gasteiger partial charge in [0, 0.05) is 13.1 Å². The zero-order valence-corrected chi connectivity index (χ0v) is 18.3. The molecule has 0 bridgehead atoms. The number of nitrogens with zero attached hydrogens (tertiary/aromatic N) is 1. The van der Waals surface area contributed by atoms with Crippen LogP contribution in [0.1, 0.15) is 56.5 Å². The van der Waals surface area contributed by atoms with Gasteiger partial charge in [0.1, 0.15) is 12.4 Å². The van der Waals surface area contributed by atoms with E-state index in [0.29, 0.717) is 17.9 Å². The van der Waals surface area contributed by atoms with Crippen LogP contribution in [0.2, 0.25) is 0 Å². The van der Waals surface area contributed by atoms with E-state index in [-0.39, 0.29) is 5.91 Å². The molecule has 158 valence electrons. The van der Waals surface area contributed by atoms with Crippen molar-refractivity contribution in [3.8, 4) is 5.75 Å². The van der Waals surface area contributed by atoms with E-state index in [1.807, 2.05) is 81.1 Å². The van der Waals surface area contributed by atoms with Gasteiger partial charge in [-0.1, -0.05) is 36.4 Å². The lowest BCUT2D eigenvalue weighted by molar-refractivity contribution is 0.00578. The predicted molar refractivity (Wildman–Crippen MR) is 118 cm³/mol. The van der Waals surface area contributed by atoms with Crippen LogP contribution in [0.5, 0.6) is 5.75 Å². The summed E-state index contributed by atoms with van der Waals surface area (Å²) < 4.78 is 18.5. The van der Waals surface area contributed by atoms with Crippen molar-refractivity contribution in [1.82, 2.24) is 4.90 Å². The highest BCUT2D eigenvalue weighted by Gasteiger charge is 2.51. The third-order valence-corrected chi connectivity index (χ3v) is 6.39. The maximum atomic E-state index is 13.3. The summed E-state index contributed by atoms with van der Waals surface area (Å²) in [6.07, 6.45) is 2.09. The Labute approximate surface area is 179 Å². The molecular formula is C24H30BNO4. The van der Waals surface area contributed by atoms with Gasteiger partial charge in [-0.25, -0.2) is 0 Å². The zero-order chi connectivity index (χ0) is 21.4. The Hall–Kier alpha value is -2.31. The molecule has 2 aliphatic heterocycles. The lowest BCUT2D eigenvalue weighted by atomic mass is 9.78. The van der Waals surface area contributed by atoms with Gasteiger partial charge in [-0.2, -0.15) is 0 Å². The van der Waals surface area contributed by atoms with Crippen molar-refractivity contribution in [3.63, 3.8) is 0 Å². The topological polar surface area (TPSA) is 48.0 Å². The molecule has 2 aromatic rings. The molecule has 0 N–H and O–H groups in total. The molecule has 2 aromatic carbocycles. The van der Waals surface area contributed by atoms with Crippen molar-refractivity contribution in [1.29, 1.82) is 0 Å². The molecule has 0 saturated carbocycles. The van der Waals surface area contributed by atoms with Gasteiger partial charge in [0.2, 0.25) is 0 Å². The second-order valence-corrected chi connectivity index (χ2v) is 9.12. The van der Waals surface area contributed by atoms with E-state index in [1.165, 1.54) is 0 Å². The molecule has 2 saturated heterocycles. The van der Waals surface area contributed by atoms with Crippen molar-refractivity contribution >= 4 is 18.5 Å². The summed E-state index contributed by atoms with van der Waals surface area (Å²) in [4.78, 5) is 15.2. The van der Waals surface area contributed by atoms with Gasteiger partial charge in [0.15, 0.2) is 0 Å². The minimum absolute atomic E-state index is 0.00827. The van der Waals surface area contributed by atoms with Crippen molar-refractivity contribution in [3.05, 3.63) is 59.7 Å². The van der Waals surface area contributed by atoms with Crippen molar-refractivity contribution in [2.75, 3.05) is 13.1 Å². The minimum atomic E-state index is -0.511. The standard InChI is InChI=1S/C24H30BNO4/c1-23(2)24(3,4)30-25(29-23)19-12-13-21(28-17-18-10-6-5-7-11-18)20(16-19)22(27)26-14-8-9-15-26/h5-7,10-13,16H,8-9,14-15,17H2,1-4H3. The van der Waals surface area contributed by atoms with E-state index in [1.54, 1.807) is 0 Å². The third-order valence-electron chi connectivity index (χ3n) is 6.39. The Kier molecular flexibility index (Phi) is 5.64. The van der Waals surface area contributed by atoms with Crippen molar-refractivity contribution in [2.45, 2.75) is 58.3 Å². The second kappa shape index (κ2) is 8.08. The number of hydrogen-bond donors (Lipinski definition) is 0. The first-order valence-electron chi connectivity index (χ1n) is 10.7. The summed E-state index contributed by atoms with van der Waals surface area (Å²) in [5.74, 6) is 0.602. The van der Waals surface area contributed by atoms with Crippen molar-refractivity contribution in [2.24, 2.45) is 0 Å². The summed E-state index contributed by atoms with van der Waals surface area (Å²) in [5, 5.41) is 0. The summed E-state index contributed by atoms with van der Waals surface area (Å²) in [6.45, 7) is 10.1. The fourth-order valence-corrected chi connectivity index (χ4v) is 3.79. The van der Waals surface area contributed by atoms with Gasteiger partial charge >= 0.3 is 7.12 Å². The molecule has 0 aliphatic carbocycles. The highest BCUT2D eigenvalue weighted by Crippen LogP contribution is 2.37. The van der Waals surface area contributed by atoms with Crippen LogP contribution < -0.4 is 10.2 Å². The van der Waals surface area contributed by atoms with Gasteiger partial charge in [0.25, 0.3) is 5.91 Å². The number of carbonyl (C=O) groups is 1. The number of likely N-dealkylation sites (tertiary alicyclic amines) is 1.